The largest absolute Gasteiger partial charge is 0.478 e. The van der Waals surface area contributed by atoms with Crippen molar-refractivity contribution in [3.63, 3.8) is 0 Å². The zero-order valence-corrected chi connectivity index (χ0v) is 12.5. The lowest BCUT2D eigenvalue weighted by Gasteiger charge is -2.22. The maximum Gasteiger partial charge on any atom is 0.336 e. The zero-order chi connectivity index (χ0) is 15.4. The van der Waals surface area contributed by atoms with Gasteiger partial charge in [-0.3, -0.25) is 0 Å². The maximum atomic E-state index is 11.3. The molecule has 116 valence electrons. The molecule has 4 heteroatoms. The third-order valence-corrected chi connectivity index (χ3v) is 4.25. The maximum absolute atomic E-state index is 11.3. The van der Waals surface area contributed by atoms with Crippen LogP contribution in [0, 0.1) is 0 Å². The number of nitrogens with one attached hydrogen (secondary N) is 1. The standard InChI is InChI=1S/C18H21NO3/c20-18(21)16-9-5-4-8-15(16)17-11-10-14(22-17)12-19-13-6-2-1-3-7-13/h4-5,8-11,13,19H,1-3,6-7,12H2,(H,20,21). The van der Waals surface area contributed by atoms with Crippen molar-refractivity contribution in [2.75, 3.05) is 0 Å². The van der Waals surface area contributed by atoms with Crippen LogP contribution >= 0.6 is 0 Å². The first-order valence-corrected chi connectivity index (χ1v) is 7.89. The van der Waals surface area contributed by atoms with E-state index in [1.165, 1.54) is 32.1 Å². The van der Waals surface area contributed by atoms with Gasteiger partial charge in [-0.15, -0.1) is 0 Å². The van der Waals surface area contributed by atoms with Crippen LogP contribution in [0.15, 0.2) is 40.8 Å². The molecule has 22 heavy (non-hydrogen) atoms. The van der Waals surface area contributed by atoms with E-state index in [-0.39, 0.29) is 5.56 Å². The first-order valence-electron chi connectivity index (χ1n) is 7.89. The van der Waals surface area contributed by atoms with E-state index in [0.29, 0.717) is 23.9 Å². The molecule has 1 aliphatic rings. The van der Waals surface area contributed by atoms with Crippen LogP contribution in [0.5, 0.6) is 0 Å². The van der Waals surface area contributed by atoms with Gasteiger partial charge in [-0.2, -0.15) is 0 Å². The van der Waals surface area contributed by atoms with Gasteiger partial charge >= 0.3 is 5.97 Å². The molecule has 1 saturated carbocycles. The fourth-order valence-electron chi connectivity index (χ4n) is 3.05. The Morgan fingerprint density at radius 3 is 2.68 bits per heavy atom. The van der Waals surface area contributed by atoms with E-state index >= 15 is 0 Å². The van der Waals surface area contributed by atoms with Gasteiger partial charge in [0.05, 0.1) is 12.1 Å². The molecule has 0 atom stereocenters. The van der Waals surface area contributed by atoms with E-state index in [0.717, 1.165) is 5.76 Å². The predicted octanol–water partition coefficient (Wildman–Crippen LogP) is 4.07. The van der Waals surface area contributed by atoms with Gasteiger partial charge in [-0.05, 0) is 31.0 Å². The van der Waals surface area contributed by atoms with Gasteiger partial charge in [0.2, 0.25) is 0 Å². The third kappa shape index (κ3) is 3.39. The molecule has 0 radical (unpaired) electrons. The second kappa shape index (κ2) is 6.79. The number of hydrogen-bond acceptors (Lipinski definition) is 3. The molecule has 0 bridgehead atoms. The van der Waals surface area contributed by atoms with Crippen molar-refractivity contribution in [1.82, 2.24) is 5.32 Å². The Hall–Kier alpha value is -2.07. The van der Waals surface area contributed by atoms with Crippen molar-refractivity contribution in [2.24, 2.45) is 0 Å². The quantitative estimate of drug-likeness (QED) is 0.873. The summed E-state index contributed by atoms with van der Waals surface area (Å²) in [5.41, 5.74) is 0.891. The zero-order valence-electron chi connectivity index (χ0n) is 12.5. The molecule has 1 fully saturated rings. The summed E-state index contributed by atoms with van der Waals surface area (Å²) >= 11 is 0. The summed E-state index contributed by atoms with van der Waals surface area (Å²) in [5, 5.41) is 12.8. The molecular formula is C18H21NO3. The Bertz CT molecular complexity index is 641. The number of furan rings is 1. The summed E-state index contributed by atoms with van der Waals surface area (Å²) in [6, 6.07) is 11.3. The monoisotopic (exact) mass is 299 g/mol. The van der Waals surface area contributed by atoms with Crippen LogP contribution < -0.4 is 5.32 Å². The van der Waals surface area contributed by atoms with Crippen molar-refractivity contribution in [1.29, 1.82) is 0 Å². The number of carboxylic acid groups (broad SMARTS) is 1. The molecule has 1 aliphatic carbocycles. The molecule has 2 aromatic rings. The van der Waals surface area contributed by atoms with Crippen LogP contribution in [0.25, 0.3) is 11.3 Å². The summed E-state index contributed by atoms with van der Waals surface area (Å²) in [6.45, 7) is 0.694. The fourth-order valence-corrected chi connectivity index (χ4v) is 3.05. The molecule has 1 aromatic carbocycles. The number of rotatable bonds is 5. The van der Waals surface area contributed by atoms with Gasteiger partial charge in [-0.1, -0.05) is 37.5 Å². The fraction of sp³-hybridized carbons (Fsp3) is 0.389. The SMILES string of the molecule is O=C(O)c1ccccc1-c1ccc(CNC2CCCCC2)o1. The van der Waals surface area contributed by atoms with E-state index in [9.17, 15) is 9.90 Å². The Balaban J connectivity index is 1.69. The Kier molecular flexibility index (Phi) is 4.59. The van der Waals surface area contributed by atoms with Crippen LogP contribution in [0.1, 0.15) is 48.2 Å². The minimum absolute atomic E-state index is 0.267. The minimum atomic E-state index is -0.936. The summed E-state index contributed by atoms with van der Waals surface area (Å²) in [7, 11) is 0. The molecular weight excluding hydrogens is 278 g/mol. The molecule has 1 aromatic heterocycles. The van der Waals surface area contributed by atoms with Crippen molar-refractivity contribution >= 4 is 5.97 Å². The smallest absolute Gasteiger partial charge is 0.336 e. The molecule has 0 amide bonds. The van der Waals surface area contributed by atoms with Crippen LogP contribution in [0.4, 0.5) is 0 Å². The van der Waals surface area contributed by atoms with Gasteiger partial charge in [0.1, 0.15) is 11.5 Å². The highest BCUT2D eigenvalue weighted by Crippen LogP contribution is 2.26. The lowest BCUT2D eigenvalue weighted by atomic mass is 9.95. The van der Waals surface area contributed by atoms with E-state index < -0.39 is 5.97 Å². The lowest BCUT2D eigenvalue weighted by molar-refractivity contribution is 0.0697. The van der Waals surface area contributed by atoms with Crippen LogP contribution in [-0.2, 0) is 6.54 Å². The van der Waals surface area contributed by atoms with Crippen molar-refractivity contribution in [2.45, 2.75) is 44.7 Å². The molecule has 1 heterocycles. The molecule has 4 nitrogen and oxygen atoms in total. The van der Waals surface area contributed by atoms with Crippen molar-refractivity contribution < 1.29 is 14.3 Å². The van der Waals surface area contributed by atoms with Crippen LogP contribution in [0.3, 0.4) is 0 Å². The van der Waals surface area contributed by atoms with Gasteiger partial charge in [-0.25, -0.2) is 4.79 Å². The van der Waals surface area contributed by atoms with Gasteiger partial charge in [0.25, 0.3) is 0 Å². The van der Waals surface area contributed by atoms with Crippen molar-refractivity contribution in [3.05, 3.63) is 47.7 Å². The Labute approximate surface area is 130 Å². The highest BCUT2D eigenvalue weighted by Gasteiger charge is 2.15. The predicted molar refractivity (Wildman–Crippen MR) is 84.8 cm³/mol. The highest BCUT2D eigenvalue weighted by atomic mass is 16.4. The number of hydrogen-bond donors (Lipinski definition) is 2. The first-order chi connectivity index (χ1) is 10.7. The third-order valence-electron chi connectivity index (χ3n) is 4.25. The number of aromatic carboxylic acids is 1. The van der Waals surface area contributed by atoms with E-state index in [4.69, 9.17) is 4.42 Å². The number of carboxylic acids is 1. The summed E-state index contributed by atoms with van der Waals surface area (Å²) in [6.07, 6.45) is 6.40. The second-order valence-corrected chi connectivity index (χ2v) is 5.83. The van der Waals surface area contributed by atoms with Gasteiger partial charge in [0.15, 0.2) is 0 Å². The lowest BCUT2D eigenvalue weighted by Crippen LogP contribution is -2.30. The molecule has 2 N–H and O–H groups in total. The highest BCUT2D eigenvalue weighted by molar-refractivity contribution is 5.95. The van der Waals surface area contributed by atoms with Gasteiger partial charge < -0.3 is 14.8 Å². The topological polar surface area (TPSA) is 62.5 Å². The minimum Gasteiger partial charge on any atom is -0.478 e. The van der Waals surface area contributed by atoms with E-state index in [2.05, 4.69) is 5.32 Å². The average Bonchev–Trinajstić information content (AvgIpc) is 3.03. The number of carbonyl (C=O) groups is 1. The molecule has 0 spiro atoms. The van der Waals surface area contributed by atoms with E-state index in [1.807, 2.05) is 18.2 Å². The van der Waals surface area contributed by atoms with Gasteiger partial charge in [0, 0.05) is 11.6 Å². The number of benzene rings is 1. The molecule has 0 unspecified atom stereocenters. The summed E-state index contributed by atoms with van der Waals surface area (Å²) < 4.78 is 5.83. The van der Waals surface area contributed by atoms with Crippen LogP contribution in [-0.4, -0.2) is 17.1 Å². The second-order valence-electron chi connectivity index (χ2n) is 5.83. The molecule has 0 saturated heterocycles. The normalized spacial score (nSPS) is 15.8. The average molecular weight is 299 g/mol. The Morgan fingerprint density at radius 2 is 1.91 bits per heavy atom. The van der Waals surface area contributed by atoms with Crippen LogP contribution in [0.2, 0.25) is 0 Å². The van der Waals surface area contributed by atoms with Crippen molar-refractivity contribution in [3.8, 4) is 11.3 Å². The summed E-state index contributed by atoms with van der Waals surface area (Å²) in [5.74, 6) is 0.521. The summed E-state index contributed by atoms with van der Waals surface area (Å²) in [4.78, 5) is 11.3. The first kappa shape index (κ1) is 14.9. The van der Waals surface area contributed by atoms with E-state index in [1.54, 1.807) is 18.2 Å². The molecule has 3 rings (SSSR count). The molecule has 0 aliphatic heterocycles. The Morgan fingerprint density at radius 1 is 1.14 bits per heavy atom.